The zero-order valence-corrected chi connectivity index (χ0v) is 14.5. The highest BCUT2D eigenvalue weighted by Gasteiger charge is 2.43. The van der Waals surface area contributed by atoms with Crippen molar-refractivity contribution in [3.8, 4) is 0 Å². The lowest BCUT2D eigenvalue weighted by molar-refractivity contribution is 0.255. The molecule has 86 valence electrons. The summed E-state index contributed by atoms with van der Waals surface area (Å²) in [5.41, 5.74) is 1.16. The van der Waals surface area contributed by atoms with Gasteiger partial charge in [0.05, 0.1) is 0 Å². The molecule has 9 heteroatoms. The van der Waals surface area contributed by atoms with E-state index in [1.54, 1.807) is 14.2 Å². The van der Waals surface area contributed by atoms with Gasteiger partial charge in [0.2, 0.25) is 7.42 Å². The smallest absolute Gasteiger partial charge is 0.334 e. The summed E-state index contributed by atoms with van der Waals surface area (Å²) in [4.78, 5) is 0. The Morgan fingerprint density at radius 2 is 1.57 bits per heavy atom. The van der Waals surface area contributed by atoms with Gasteiger partial charge < -0.3 is 8.85 Å². The van der Waals surface area contributed by atoms with Gasteiger partial charge in [-0.2, -0.15) is 22.2 Å². The molecule has 0 aromatic rings. The third kappa shape index (κ3) is 6.34. The molecule has 0 fully saturated rings. The maximum Gasteiger partial charge on any atom is 0.334 e. The first-order chi connectivity index (χ1) is 6.24. The van der Waals surface area contributed by atoms with Crippen LogP contribution in [0.3, 0.4) is 0 Å². The SMILES string of the molecule is CO[Si](C)(C[Si](Cl)(Cl)C[SiH](Cl)Cl)OC. The summed E-state index contributed by atoms with van der Waals surface area (Å²) in [6, 6.07) is 0. The van der Waals surface area contributed by atoms with Crippen LogP contribution < -0.4 is 0 Å². The van der Waals surface area contributed by atoms with E-state index < -0.39 is 22.7 Å². The number of halogens is 4. The van der Waals surface area contributed by atoms with Crippen LogP contribution in [0.4, 0.5) is 0 Å². The van der Waals surface area contributed by atoms with Gasteiger partial charge in [0.25, 0.3) is 6.69 Å². The Kier molecular flexibility index (Phi) is 7.26. The summed E-state index contributed by atoms with van der Waals surface area (Å²) >= 11 is 24.0. The van der Waals surface area contributed by atoms with Gasteiger partial charge in [-0.25, -0.2) is 0 Å². The third-order valence-corrected chi connectivity index (χ3v) is 19.8. The Bertz CT molecular complexity index is 176. The lowest BCUT2D eigenvalue weighted by atomic mass is 11.8. The van der Waals surface area contributed by atoms with Gasteiger partial charge in [-0.15, -0.1) is 22.2 Å². The van der Waals surface area contributed by atoms with E-state index in [1.165, 1.54) is 0 Å². The fourth-order valence-corrected chi connectivity index (χ4v) is 24.5. The quantitative estimate of drug-likeness (QED) is 0.550. The molecule has 0 spiro atoms. The van der Waals surface area contributed by atoms with Crippen LogP contribution in [0.1, 0.15) is 0 Å². The van der Waals surface area contributed by atoms with Crippen LogP contribution in [-0.2, 0) is 8.85 Å². The minimum absolute atomic E-state index is 0.564. The van der Waals surface area contributed by atoms with Crippen LogP contribution >= 0.6 is 44.3 Å². The molecule has 0 unspecified atom stereocenters. The van der Waals surface area contributed by atoms with E-state index in [1.807, 2.05) is 6.55 Å². The average Bonchev–Trinajstić information content (AvgIpc) is 2.01. The van der Waals surface area contributed by atoms with Crippen molar-refractivity contribution < 1.29 is 8.85 Å². The molecule has 0 bridgehead atoms. The summed E-state index contributed by atoms with van der Waals surface area (Å²) in [6.45, 7) is -0.461. The highest BCUT2D eigenvalue weighted by atomic mass is 35.7. The van der Waals surface area contributed by atoms with Crippen molar-refractivity contribution in [3.63, 3.8) is 0 Å². The summed E-state index contributed by atoms with van der Waals surface area (Å²) in [5.74, 6) is 0. The predicted molar refractivity (Wildman–Crippen MR) is 71.6 cm³/mol. The molecule has 14 heavy (non-hydrogen) atoms. The fraction of sp³-hybridized carbons (Fsp3) is 1.00. The van der Waals surface area contributed by atoms with E-state index in [-0.39, 0.29) is 0 Å². The molecule has 0 atom stereocenters. The molecule has 2 nitrogen and oxygen atoms in total. The normalized spacial score (nSPS) is 13.7. The van der Waals surface area contributed by atoms with Gasteiger partial charge in [-0.3, -0.25) is 0 Å². The zero-order valence-electron chi connectivity index (χ0n) is 8.32. The van der Waals surface area contributed by atoms with Gasteiger partial charge in [0.1, 0.15) is 0 Å². The second-order valence-corrected chi connectivity index (χ2v) is 20.5. The predicted octanol–water partition coefficient (Wildman–Crippen LogP) is 3.05. The first-order valence-corrected chi connectivity index (χ1v) is 15.3. The molecular formula is C5H14Cl4O2Si3. The Hall–Kier alpha value is 1.73. The lowest BCUT2D eigenvalue weighted by Crippen LogP contribution is -2.44. The van der Waals surface area contributed by atoms with E-state index >= 15 is 0 Å². The molecule has 0 saturated carbocycles. The third-order valence-electron chi connectivity index (χ3n) is 1.90. The molecule has 0 aliphatic carbocycles. The minimum atomic E-state index is -2.39. The van der Waals surface area contributed by atoms with Gasteiger partial charge in [-0.1, -0.05) is 0 Å². The highest BCUT2D eigenvalue weighted by Crippen LogP contribution is 2.33. The van der Waals surface area contributed by atoms with Crippen molar-refractivity contribution in [2.75, 3.05) is 14.2 Å². The number of hydrogen-bond acceptors (Lipinski definition) is 2. The molecule has 0 saturated heterocycles. The molecule has 0 radical (unpaired) electrons. The maximum absolute atomic E-state index is 6.22. The van der Waals surface area contributed by atoms with Crippen LogP contribution in [0.2, 0.25) is 17.9 Å². The molecule has 0 aromatic heterocycles. The second kappa shape index (κ2) is 6.46. The van der Waals surface area contributed by atoms with Crippen molar-refractivity contribution in [1.29, 1.82) is 0 Å². The summed E-state index contributed by atoms with van der Waals surface area (Å²) in [5, 5.41) is 0. The zero-order chi connectivity index (χ0) is 11.4. The number of rotatable bonds is 6. The van der Waals surface area contributed by atoms with Crippen molar-refractivity contribution in [3.05, 3.63) is 0 Å². The molecule has 0 rings (SSSR count). The first kappa shape index (κ1) is 15.7. The number of hydrogen-bond donors (Lipinski definition) is 0. The Morgan fingerprint density at radius 3 is 1.86 bits per heavy atom. The summed E-state index contributed by atoms with van der Waals surface area (Å²) in [6.07, 6.45) is 0. The molecule has 0 amide bonds. The molecule has 0 aliphatic heterocycles. The lowest BCUT2D eigenvalue weighted by Gasteiger charge is -2.28. The van der Waals surface area contributed by atoms with Crippen LogP contribution in [0.25, 0.3) is 0 Å². The van der Waals surface area contributed by atoms with Crippen molar-refractivity contribution in [1.82, 2.24) is 0 Å². The second-order valence-electron chi connectivity index (χ2n) is 3.17. The average molecular weight is 332 g/mol. The fourth-order valence-electron chi connectivity index (χ4n) is 0.995. The van der Waals surface area contributed by atoms with Gasteiger partial charge >= 0.3 is 8.56 Å². The van der Waals surface area contributed by atoms with Crippen molar-refractivity contribution >= 4 is 67.0 Å². The summed E-state index contributed by atoms with van der Waals surface area (Å²) < 4.78 is 10.6. The molecule has 0 heterocycles. The van der Waals surface area contributed by atoms with E-state index in [2.05, 4.69) is 0 Å². The monoisotopic (exact) mass is 330 g/mol. The van der Waals surface area contributed by atoms with Crippen LogP contribution in [0.5, 0.6) is 0 Å². The Morgan fingerprint density at radius 1 is 1.14 bits per heavy atom. The van der Waals surface area contributed by atoms with Crippen LogP contribution in [0, 0.1) is 0 Å². The van der Waals surface area contributed by atoms with E-state index in [4.69, 9.17) is 53.2 Å². The van der Waals surface area contributed by atoms with E-state index in [0.717, 1.165) is 0 Å². The minimum Gasteiger partial charge on any atom is -0.398 e. The maximum atomic E-state index is 6.22. The first-order valence-electron chi connectivity index (χ1n) is 4.01. The van der Waals surface area contributed by atoms with Crippen LogP contribution in [0.15, 0.2) is 0 Å². The standard InChI is InChI=1S/C5H14Cl4O2Si3/c1-10-13(3,11-2)5-14(8,9)4-12(6)7/h12H,4-5H2,1-3H3. The van der Waals surface area contributed by atoms with Gasteiger partial charge in [0, 0.05) is 19.9 Å². The van der Waals surface area contributed by atoms with Gasteiger partial charge in [-0.05, 0) is 12.2 Å². The topological polar surface area (TPSA) is 18.5 Å². The largest absolute Gasteiger partial charge is 0.398 e. The Labute approximate surface area is 107 Å². The van der Waals surface area contributed by atoms with Gasteiger partial charge in [0.15, 0.2) is 0 Å². The molecular weight excluding hydrogens is 318 g/mol. The van der Waals surface area contributed by atoms with E-state index in [0.29, 0.717) is 11.3 Å². The highest BCUT2D eigenvalue weighted by molar-refractivity contribution is 7.53. The molecule has 0 N–H and O–H groups in total. The van der Waals surface area contributed by atoms with Crippen molar-refractivity contribution in [2.24, 2.45) is 0 Å². The molecule has 0 aromatic carbocycles. The van der Waals surface area contributed by atoms with Crippen LogP contribution in [-0.4, -0.2) is 36.9 Å². The Balaban J connectivity index is 4.32. The van der Waals surface area contributed by atoms with E-state index in [9.17, 15) is 0 Å². The summed E-state index contributed by atoms with van der Waals surface area (Å²) in [7, 11) is -0.720. The molecule has 0 aliphatic rings. The van der Waals surface area contributed by atoms with Crippen molar-refractivity contribution in [2.45, 2.75) is 17.9 Å².